The van der Waals surface area contributed by atoms with Crippen molar-refractivity contribution in [2.75, 3.05) is 5.32 Å². The highest BCUT2D eigenvalue weighted by atomic mass is 16.3. The molecule has 0 fully saturated rings. The van der Waals surface area contributed by atoms with E-state index >= 15 is 0 Å². The largest absolute Gasteiger partial charge is 0.465 e. The summed E-state index contributed by atoms with van der Waals surface area (Å²) in [6.07, 6.45) is 4.63. The minimum absolute atomic E-state index is 0.132. The quantitative estimate of drug-likeness (QED) is 0.543. The lowest BCUT2D eigenvalue weighted by molar-refractivity contribution is 0.102. The van der Waals surface area contributed by atoms with Crippen LogP contribution in [0.1, 0.15) is 32.0 Å². The Morgan fingerprint density at radius 2 is 1.60 bits per heavy atom. The SMILES string of the molecule is Cc1ccc(C(=O)Nc2ccc(C(=O)C=Cc3ccco3)cc2)cc1. The lowest BCUT2D eigenvalue weighted by Crippen LogP contribution is -2.11. The summed E-state index contributed by atoms with van der Waals surface area (Å²) in [6.45, 7) is 1.97. The number of hydrogen-bond donors (Lipinski definition) is 1. The third-order valence-electron chi connectivity index (χ3n) is 3.68. The predicted molar refractivity (Wildman–Crippen MR) is 97.6 cm³/mol. The minimum atomic E-state index is -0.184. The van der Waals surface area contributed by atoms with Crippen molar-refractivity contribution < 1.29 is 14.0 Å². The maximum atomic E-state index is 12.2. The van der Waals surface area contributed by atoms with Gasteiger partial charge in [-0.2, -0.15) is 0 Å². The molecule has 3 aromatic rings. The number of rotatable bonds is 5. The Morgan fingerprint density at radius 1 is 0.920 bits per heavy atom. The van der Waals surface area contributed by atoms with Gasteiger partial charge < -0.3 is 9.73 Å². The van der Waals surface area contributed by atoms with Crippen LogP contribution in [-0.4, -0.2) is 11.7 Å². The second-order valence-electron chi connectivity index (χ2n) is 5.61. The van der Waals surface area contributed by atoms with Crippen LogP contribution in [0.25, 0.3) is 6.08 Å². The van der Waals surface area contributed by atoms with Crippen LogP contribution in [0.15, 0.2) is 77.4 Å². The van der Waals surface area contributed by atoms with Gasteiger partial charge in [-0.25, -0.2) is 0 Å². The summed E-state index contributed by atoms with van der Waals surface area (Å²) in [7, 11) is 0. The molecule has 25 heavy (non-hydrogen) atoms. The van der Waals surface area contributed by atoms with Crippen molar-refractivity contribution in [2.45, 2.75) is 6.92 Å². The normalized spacial score (nSPS) is 10.8. The molecule has 2 aromatic carbocycles. The Morgan fingerprint density at radius 3 is 2.24 bits per heavy atom. The molecule has 1 aromatic heterocycles. The van der Waals surface area contributed by atoms with Crippen LogP contribution in [0.3, 0.4) is 0 Å². The minimum Gasteiger partial charge on any atom is -0.465 e. The Balaban J connectivity index is 1.64. The molecule has 4 heteroatoms. The van der Waals surface area contributed by atoms with Crippen LogP contribution in [0, 0.1) is 6.92 Å². The molecule has 0 bridgehead atoms. The van der Waals surface area contributed by atoms with E-state index in [2.05, 4.69) is 5.32 Å². The van der Waals surface area contributed by atoms with E-state index in [9.17, 15) is 9.59 Å². The zero-order valence-electron chi connectivity index (χ0n) is 13.7. The first-order valence-corrected chi connectivity index (χ1v) is 7.86. The van der Waals surface area contributed by atoms with Gasteiger partial charge in [0.15, 0.2) is 5.78 Å². The zero-order chi connectivity index (χ0) is 17.6. The summed E-state index contributed by atoms with van der Waals surface area (Å²) in [6, 6.07) is 17.6. The molecule has 0 unspecified atom stereocenters. The molecule has 0 radical (unpaired) electrons. The fourth-order valence-corrected chi connectivity index (χ4v) is 2.27. The summed E-state index contributed by atoms with van der Waals surface area (Å²) >= 11 is 0. The molecule has 4 nitrogen and oxygen atoms in total. The van der Waals surface area contributed by atoms with Crippen LogP contribution >= 0.6 is 0 Å². The molecule has 0 spiro atoms. The molecule has 1 amide bonds. The van der Waals surface area contributed by atoms with E-state index < -0.39 is 0 Å². The van der Waals surface area contributed by atoms with E-state index in [-0.39, 0.29) is 11.7 Å². The first kappa shape index (κ1) is 16.5. The van der Waals surface area contributed by atoms with Gasteiger partial charge in [0.2, 0.25) is 0 Å². The molecular formula is C21H17NO3. The lowest BCUT2D eigenvalue weighted by atomic mass is 10.1. The number of anilines is 1. The lowest BCUT2D eigenvalue weighted by Gasteiger charge is -2.06. The van der Waals surface area contributed by atoms with Gasteiger partial charge in [-0.15, -0.1) is 0 Å². The van der Waals surface area contributed by atoms with Gasteiger partial charge in [-0.3, -0.25) is 9.59 Å². The van der Waals surface area contributed by atoms with Crippen LogP contribution < -0.4 is 5.32 Å². The Labute approximate surface area is 145 Å². The standard InChI is InChI=1S/C21H17NO3/c1-15-4-6-17(7-5-15)21(24)22-18-10-8-16(9-11-18)20(23)13-12-19-3-2-14-25-19/h2-14H,1H3,(H,22,24). The van der Waals surface area contributed by atoms with Gasteiger partial charge in [0.1, 0.15) is 5.76 Å². The van der Waals surface area contributed by atoms with Crippen LogP contribution in [0.5, 0.6) is 0 Å². The number of nitrogens with one attached hydrogen (secondary N) is 1. The highest BCUT2D eigenvalue weighted by molar-refractivity contribution is 6.07. The second kappa shape index (κ2) is 7.45. The van der Waals surface area contributed by atoms with E-state index in [0.717, 1.165) is 5.56 Å². The highest BCUT2D eigenvalue weighted by Gasteiger charge is 2.07. The average molecular weight is 331 g/mol. The van der Waals surface area contributed by atoms with Crippen LogP contribution in [-0.2, 0) is 0 Å². The maximum absolute atomic E-state index is 12.2. The number of benzene rings is 2. The van der Waals surface area contributed by atoms with Crippen LogP contribution in [0.4, 0.5) is 5.69 Å². The van der Waals surface area contributed by atoms with Gasteiger partial charge in [-0.1, -0.05) is 17.7 Å². The number of furan rings is 1. The first-order chi connectivity index (χ1) is 12.1. The molecule has 0 saturated heterocycles. The first-order valence-electron chi connectivity index (χ1n) is 7.86. The highest BCUT2D eigenvalue weighted by Crippen LogP contribution is 2.13. The molecule has 0 aliphatic carbocycles. The van der Waals surface area contributed by atoms with Crippen molar-refractivity contribution in [3.63, 3.8) is 0 Å². The topological polar surface area (TPSA) is 59.3 Å². The third kappa shape index (κ3) is 4.32. The molecule has 0 saturated carbocycles. The van der Waals surface area contributed by atoms with Crippen molar-refractivity contribution in [3.05, 3.63) is 95.5 Å². The fourth-order valence-electron chi connectivity index (χ4n) is 2.27. The number of aryl methyl sites for hydroxylation is 1. The van der Waals surface area contributed by atoms with E-state index in [1.54, 1.807) is 60.9 Å². The molecular weight excluding hydrogens is 314 g/mol. The number of hydrogen-bond acceptors (Lipinski definition) is 3. The van der Waals surface area contributed by atoms with Crippen molar-refractivity contribution in [3.8, 4) is 0 Å². The molecule has 0 aliphatic heterocycles. The molecule has 124 valence electrons. The number of ketones is 1. The zero-order valence-corrected chi connectivity index (χ0v) is 13.7. The number of carbonyl (C=O) groups excluding carboxylic acids is 2. The summed E-state index contributed by atoms with van der Waals surface area (Å²) in [5, 5.41) is 2.81. The average Bonchev–Trinajstić information content (AvgIpc) is 3.14. The van der Waals surface area contributed by atoms with Crippen molar-refractivity contribution in [1.82, 2.24) is 0 Å². The molecule has 3 rings (SSSR count). The Hall–Kier alpha value is -3.40. The maximum Gasteiger partial charge on any atom is 0.255 e. The fraction of sp³-hybridized carbons (Fsp3) is 0.0476. The van der Waals surface area contributed by atoms with E-state index in [0.29, 0.717) is 22.6 Å². The summed E-state index contributed by atoms with van der Waals surface area (Å²) < 4.78 is 5.15. The predicted octanol–water partition coefficient (Wildman–Crippen LogP) is 4.74. The number of carbonyl (C=O) groups is 2. The molecule has 1 heterocycles. The summed E-state index contributed by atoms with van der Waals surface area (Å²) in [5.41, 5.74) is 2.86. The molecule has 0 aliphatic rings. The second-order valence-corrected chi connectivity index (χ2v) is 5.61. The molecule has 0 atom stereocenters. The van der Waals surface area contributed by atoms with E-state index in [4.69, 9.17) is 4.42 Å². The van der Waals surface area contributed by atoms with Crippen molar-refractivity contribution >= 4 is 23.5 Å². The van der Waals surface area contributed by atoms with Gasteiger partial charge in [-0.05, 0) is 67.6 Å². The summed E-state index contributed by atoms with van der Waals surface area (Å²) in [4.78, 5) is 24.3. The monoisotopic (exact) mass is 331 g/mol. The Bertz CT molecular complexity index is 889. The van der Waals surface area contributed by atoms with Gasteiger partial charge >= 0.3 is 0 Å². The van der Waals surface area contributed by atoms with E-state index in [1.807, 2.05) is 19.1 Å². The number of amides is 1. The number of allylic oxidation sites excluding steroid dienone is 1. The third-order valence-corrected chi connectivity index (χ3v) is 3.68. The van der Waals surface area contributed by atoms with Crippen LogP contribution in [0.2, 0.25) is 0 Å². The van der Waals surface area contributed by atoms with Crippen molar-refractivity contribution in [2.24, 2.45) is 0 Å². The van der Waals surface area contributed by atoms with E-state index in [1.165, 1.54) is 6.08 Å². The van der Waals surface area contributed by atoms with Gasteiger partial charge in [0.05, 0.1) is 6.26 Å². The van der Waals surface area contributed by atoms with Gasteiger partial charge in [0, 0.05) is 16.8 Å². The summed E-state index contributed by atoms with van der Waals surface area (Å²) in [5.74, 6) is 0.305. The van der Waals surface area contributed by atoms with Gasteiger partial charge in [0.25, 0.3) is 5.91 Å². The van der Waals surface area contributed by atoms with Crippen molar-refractivity contribution in [1.29, 1.82) is 0 Å². The smallest absolute Gasteiger partial charge is 0.255 e. The molecule has 1 N–H and O–H groups in total. The Kier molecular flexibility index (Phi) is 4.90.